The first kappa shape index (κ1) is 17.3. The Labute approximate surface area is 149 Å². The molecule has 0 aliphatic heterocycles. The lowest BCUT2D eigenvalue weighted by atomic mass is 10.2. The van der Waals surface area contributed by atoms with Crippen molar-refractivity contribution in [2.24, 2.45) is 0 Å². The molecule has 0 saturated carbocycles. The second kappa shape index (κ2) is 7.56. The molecule has 134 valence electrons. The summed E-state index contributed by atoms with van der Waals surface area (Å²) >= 11 is 0. The Morgan fingerprint density at radius 3 is 2.77 bits per heavy atom. The van der Waals surface area contributed by atoms with Gasteiger partial charge >= 0.3 is 5.88 Å². The number of furan rings is 1. The van der Waals surface area contributed by atoms with Crippen LogP contribution in [0, 0.1) is 10.1 Å². The molecular formula is C18H17N3O5. The van der Waals surface area contributed by atoms with Crippen LogP contribution in [-0.2, 0) is 6.54 Å². The van der Waals surface area contributed by atoms with Crippen molar-refractivity contribution in [2.75, 3.05) is 14.2 Å². The number of nitrogens with zero attached hydrogens (tertiary/aromatic N) is 3. The van der Waals surface area contributed by atoms with E-state index < -0.39 is 4.92 Å². The molecule has 2 aromatic heterocycles. The highest BCUT2D eigenvalue weighted by Crippen LogP contribution is 2.31. The van der Waals surface area contributed by atoms with Gasteiger partial charge in [0.25, 0.3) is 0 Å². The van der Waals surface area contributed by atoms with E-state index in [9.17, 15) is 10.1 Å². The largest absolute Gasteiger partial charge is 0.493 e. The SMILES string of the molecule is COc1cccc(Cn2ccnc2C=Cc2ccc([N+](=O)[O-])o2)c1OC. The summed E-state index contributed by atoms with van der Waals surface area (Å²) in [5.41, 5.74) is 0.938. The van der Waals surface area contributed by atoms with E-state index in [0.29, 0.717) is 29.6 Å². The summed E-state index contributed by atoms with van der Waals surface area (Å²) < 4.78 is 17.8. The molecule has 0 atom stereocenters. The summed E-state index contributed by atoms with van der Waals surface area (Å²) in [5.74, 6) is 2.08. The second-order valence-corrected chi connectivity index (χ2v) is 5.33. The number of imidazole rings is 1. The monoisotopic (exact) mass is 355 g/mol. The van der Waals surface area contributed by atoms with Gasteiger partial charge in [0.2, 0.25) is 0 Å². The maximum atomic E-state index is 10.7. The number of methoxy groups -OCH3 is 2. The Balaban J connectivity index is 1.83. The van der Waals surface area contributed by atoms with Gasteiger partial charge in [-0.25, -0.2) is 4.98 Å². The van der Waals surface area contributed by atoms with Gasteiger partial charge in [-0.15, -0.1) is 0 Å². The number of hydrogen-bond acceptors (Lipinski definition) is 6. The number of nitro groups is 1. The molecule has 0 bridgehead atoms. The molecule has 26 heavy (non-hydrogen) atoms. The van der Waals surface area contributed by atoms with Crippen LogP contribution in [0.4, 0.5) is 5.88 Å². The fraction of sp³-hybridized carbons (Fsp3) is 0.167. The number of hydrogen-bond donors (Lipinski definition) is 0. The van der Waals surface area contributed by atoms with Crippen molar-refractivity contribution in [2.45, 2.75) is 6.54 Å². The van der Waals surface area contributed by atoms with Gasteiger partial charge in [0, 0.05) is 18.0 Å². The van der Waals surface area contributed by atoms with Gasteiger partial charge in [-0.1, -0.05) is 12.1 Å². The molecule has 0 radical (unpaired) electrons. The Hall–Kier alpha value is -3.55. The molecule has 0 spiro atoms. The van der Waals surface area contributed by atoms with E-state index in [1.54, 1.807) is 32.6 Å². The van der Waals surface area contributed by atoms with Crippen molar-refractivity contribution in [3.05, 3.63) is 70.0 Å². The minimum atomic E-state index is -0.576. The first-order chi connectivity index (χ1) is 12.6. The molecule has 0 fully saturated rings. The smallest absolute Gasteiger partial charge is 0.433 e. The molecule has 0 amide bonds. The summed E-state index contributed by atoms with van der Waals surface area (Å²) in [7, 11) is 3.19. The van der Waals surface area contributed by atoms with E-state index in [0.717, 1.165) is 5.56 Å². The average molecular weight is 355 g/mol. The minimum absolute atomic E-state index is 0.297. The molecule has 8 heteroatoms. The van der Waals surface area contributed by atoms with Crippen molar-refractivity contribution < 1.29 is 18.8 Å². The molecule has 3 aromatic rings. The van der Waals surface area contributed by atoms with Gasteiger partial charge < -0.3 is 18.5 Å². The third kappa shape index (κ3) is 3.59. The van der Waals surface area contributed by atoms with Crippen molar-refractivity contribution >= 4 is 18.0 Å². The zero-order valence-electron chi connectivity index (χ0n) is 14.3. The fourth-order valence-electron chi connectivity index (χ4n) is 2.56. The van der Waals surface area contributed by atoms with Crippen molar-refractivity contribution in [1.29, 1.82) is 0 Å². The highest BCUT2D eigenvalue weighted by molar-refractivity contribution is 5.64. The number of ether oxygens (including phenoxy) is 2. The van der Waals surface area contributed by atoms with Gasteiger partial charge in [0.05, 0.1) is 26.8 Å². The van der Waals surface area contributed by atoms with Gasteiger partial charge in [-0.2, -0.15) is 0 Å². The topological polar surface area (TPSA) is 92.6 Å². The predicted molar refractivity (Wildman–Crippen MR) is 95.2 cm³/mol. The van der Waals surface area contributed by atoms with Crippen molar-refractivity contribution in [1.82, 2.24) is 9.55 Å². The Bertz CT molecular complexity index is 942. The Kier molecular flexibility index (Phi) is 5.02. The van der Waals surface area contributed by atoms with Crippen LogP contribution in [0.2, 0.25) is 0 Å². The maximum absolute atomic E-state index is 10.7. The molecule has 8 nitrogen and oxygen atoms in total. The minimum Gasteiger partial charge on any atom is -0.493 e. The van der Waals surface area contributed by atoms with Gasteiger partial charge in [-0.3, -0.25) is 10.1 Å². The van der Waals surface area contributed by atoms with Crippen LogP contribution in [0.15, 0.2) is 47.1 Å². The van der Waals surface area contributed by atoms with E-state index >= 15 is 0 Å². The fourth-order valence-corrected chi connectivity index (χ4v) is 2.56. The molecular weight excluding hydrogens is 338 g/mol. The highest BCUT2D eigenvalue weighted by atomic mass is 16.6. The number of benzene rings is 1. The zero-order chi connectivity index (χ0) is 18.5. The van der Waals surface area contributed by atoms with E-state index in [1.165, 1.54) is 12.1 Å². The lowest BCUT2D eigenvalue weighted by Crippen LogP contribution is -2.04. The second-order valence-electron chi connectivity index (χ2n) is 5.33. The number of rotatable bonds is 7. The maximum Gasteiger partial charge on any atom is 0.433 e. The standard InChI is InChI=1S/C18H17N3O5/c1-24-15-5-3-4-13(18(15)25-2)12-20-11-10-19-16(20)8-6-14-7-9-17(26-14)21(22)23/h3-11H,12H2,1-2H3. The summed E-state index contributed by atoms with van der Waals surface area (Å²) in [6.07, 6.45) is 6.88. The molecule has 0 aliphatic carbocycles. The van der Waals surface area contributed by atoms with Crippen LogP contribution in [0.25, 0.3) is 12.2 Å². The highest BCUT2D eigenvalue weighted by Gasteiger charge is 2.12. The third-order valence-electron chi connectivity index (χ3n) is 3.76. The summed E-state index contributed by atoms with van der Waals surface area (Å²) in [6, 6.07) is 8.52. The van der Waals surface area contributed by atoms with Crippen LogP contribution in [0.1, 0.15) is 17.1 Å². The average Bonchev–Trinajstić information content (AvgIpc) is 3.29. The van der Waals surface area contributed by atoms with Crippen LogP contribution < -0.4 is 9.47 Å². The van der Waals surface area contributed by atoms with Crippen LogP contribution in [-0.4, -0.2) is 28.7 Å². The Morgan fingerprint density at radius 1 is 1.23 bits per heavy atom. The molecule has 2 heterocycles. The number of para-hydroxylation sites is 1. The quantitative estimate of drug-likeness (QED) is 0.475. The molecule has 3 rings (SSSR count). The lowest BCUT2D eigenvalue weighted by Gasteiger charge is -2.13. The van der Waals surface area contributed by atoms with Crippen molar-refractivity contribution in [3.63, 3.8) is 0 Å². The normalized spacial score (nSPS) is 11.0. The van der Waals surface area contributed by atoms with E-state index in [1.807, 2.05) is 29.0 Å². The molecule has 0 N–H and O–H groups in total. The summed E-state index contributed by atoms with van der Waals surface area (Å²) in [4.78, 5) is 14.4. The molecule has 0 unspecified atom stereocenters. The predicted octanol–water partition coefficient (Wildman–Crippen LogP) is 3.62. The van der Waals surface area contributed by atoms with E-state index in [2.05, 4.69) is 4.98 Å². The Morgan fingerprint density at radius 2 is 2.08 bits per heavy atom. The third-order valence-corrected chi connectivity index (χ3v) is 3.76. The lowest BCUT2D eigenvalue weighted by molar-refractivity contribution is -0.402. The van der Waals surface area contributed by atoms with Crippen LogP contribution >= 0.6 is 0 Å². The number of aromatic nitrogens is 2. The van der Waals surface area contributed by atoms with Gasteiger partial charge in [0.15, 0.2) is 11.5 Å². The zero-order valence-corrected chi connectivity index (χ0v) is 14.3. The van der Waals surface area contributed by atoms with Crippen LogP contribution in [0.5, 0.6) is 11.5 Å². The first-order valence-corrected chi connectivity index (χ1v) is 7.75. The molecule has 1 aromatic carbocycles. The van der Waals surface area contributed by atoms with E-state index in [-0.39, 0.29) is 5.88 Å². The first-order valence-electron chi connectivity index (χ1n) is 7.75. The van der Waals surface area contributed by atoms with Crippen molar-refractivity contribution in [3.8, 4) is 11.5 Å². The summed E-state index contributed by atoms with van der Waals surface area (Å²) in [5, 5.41) is 10.7. The van der Waals surface area contributed by atoms with Crippen LogP contribution in [0.3, 0.4) is 0 Å². The molecule has 0 aliphatic rings. The molecule has 0 saturated heterocycles. The van der Waals surface area contributed by atoms with E-state index in [4.69, 9.17) is 13.9 Å². The van der Waals surface area contributed by atoms with Gasteiger partial charge in [0.1, 0.15) is 16.5 Å². The van der Waals surface area contributed by atoms with Gasteiger partial charge in [-0.05, 0) is 24.3 Å². The summed E-state index contributed by atoms with van der Waals surface area (Å²) in [6.45, 7) is 0.526.